The maximum atomic E-state index is 5.81. The molecule has 0 radical (unpaired) electrons. The molecule has 0 saturated carbocycles. The molecule has 3 nitrogen and oxygen atoms in total. The Labute approximate surface area is 97.0 Å². The highest BCUT2D eigenvalue weighted by molar-refractivity contribution is 5.56. The average molecular weight is 220 g/mol. The molecule has 1 saturated heterocycles. The molecule has 0 bridgehead atoms. The number of hydrogen-bond acceptors (Lipinski definition) is 3. The van der Waals surface area contributed by atoms with E-state index in [1.807, 2.05) is 12.1 Å². The summed E-state index contributed by atoms with van der Waals surface area (Å²) >= 11 is 0. The number of ether oxygens (including phenoxy) is 1. The van der Waals surface area contributed by atoms with Crippen LogP contribution in [0.2, 0.25) is 0 Å². The molecule has 3 N–H and O–H groups in total. The van der Waals surface area contributed by atoms with Crippen LogP contribution < -0.4 is 11.1 Å². The Hall–Kier alpha value is -1.22. The number of aryl methyl sites for hydroxylation is 1. The van der Waals surface area contributed by atoms with Crippen molar-refractivity contribution in [2.45, 2.75) is 26.4 Å². The molecule has 0 aromatic heterocycles. The van der Waals surface area contributed by atoms with Crippen molar-refractivity contribution in [2.75, 3.05) is 24.2 Å². The van der Waals surface area contributed by atoms with Gasteiger partial charge in [0, 0.05) is 30.4 Å². The van der Waals surface area contributed by atoms with Crippen LogP contribution in [0, 0.1) is 12.8 Å². The summed E-state index contributed by atoms with van der Waals surface area (Å²) in [6, 6.07) is 6.08. The molecule has 1 heterocycles. The Balaban J connectivity index is 1.94. The highest BCUT2D eigenvalue weighted by Crippen LogP contribution is 2.22. The zero-order valence-electron chi connectivity index (χ0n) is 9.99. The van der Waals surface area contributed by atoms with Gasteiger partial charge in [0.15, 0.2) is 0 Å². The zero-order valence-corrected chi connectivity index (χ0v) is 9.99. The minimum atomic E-state index is 0.370. The second-order valence-electron chi connectivity index (χ2n) is 4.64. The van der Waals surface area contributed by atoms with E-state index in [0.29, 0.717) is 12.0 Å². The third kappa shape index (κ3) is 2.67. The van der Waals surface area contributed by atoms with Gasteiger partial charge in [0.2, 0.25) is 0 Å². The van der Waals surface area contributed by atoms with Crippen molar-refractivity contribution in [1.29, 1.82) is 0 Å². The number of rotatable bonds is 3. The molecule has 2 atom stereocenters. The fraction of sp³-hybridized carbons (Fsp3) is 0.538. The highest BCUT2D eigenvalue weighted by Gasteiger charge is 2.23. The van der Waals surface area contributed by atoms with E-state index in [1.165, 1.54) is 5.56 Å². The van der Waals surface area contributed by atoms with Crippen LogP contribution in [-0.2, 0) is 4.74 Å². The summed E-state index contributed by atoms with van der Waals surface area (Å²) in [7, 11) is 0. The number of nitrogen functional groups attached to an aromatic ring is 1. The van der Waals surface area contributed by atoms with Crippen LogP contribution in [0.5, 0.6) is 0 Å². The van der Waals surface area contributed by atoms with Gasteiger partial charge in [-0.1, -0.05) is 0 Å². The van der Waals surface area contributed by atoms with Crippen LogP contribution >= 0.6 is 0 Å². The van der Waals surface area contributed by atoms with Gasteiger partial charge in [0.05, 0.1) is 6.10 Å². The van der Waals surface area contributed by atoms with Crippen LogP contribution in [0.25, 0.3) is 0 Å². The van der Waals surface area contributed by atoms with Crippen molar-refractivity contribution in [3.63, 3.8) is 0 Å². The van der Waals surface area contributed by atoms with Crippen LogP contribution in [-0.4, -0.2) is 19.3 Å². The molecule has 1 aliphatic rings. The largest absolute Gasteiger partial charge is 0.399 e. The van der Waals surface area contributed by atoms with Crippen molar-refractivity contribution < 1.29 is 4.74 Å². The first-order valence-electron chi connectivity index (χ1n) is 5.88. The second-order valence-corrected chi connectivity index (χ2v) is 4.64. The summed E-state index contributed by atoms with van der Waals surface area (Å²) in [4.78, 5) is 0. The van der Waals surface area contributed by atoms with Gasteiger partial charge in [-0.3, -0.25) is 0 Å². The van der Waals surface area contributed by atoms with Gasteiger partial charge in [0.25, 0.3) is 0 Å². The minimum Gasteiger partial charge on any atom is -0.399 e. The second kappa shape index (κ2) is 4.74. The molecule has 3 heteroatoms. The molecule has 0 aliphatic carbocycles. The van der Waals surface area contributed by atoms with E-state index < -0.39 is 0 Å². The molecule has 1 aromatic rings. The molecular weight excluding hydrogens is 200 g/mol. The van der Waals surface area contributed by atoms with Crippen LogP contribution in [0.3, 0.4) is 0 Å². The first kappa shape index (κ1) is 11.3. The average Bonchev–Trinajstić information content (AvgIpc) is 2.59. The van der Waals surface area contributed by atoms with Gasteiger partial charge in [-0.05, 0) is 44.0 Å². The summed E-state index contributed by atoms with van der Waals surface area (Å²) in [5.74, 6) is 0.613. The first-order chi connectivity index (χ1) is 7.65. The SMILES string of the molecule is Cc1cc(N)cc(NCC2CCOC2C)c1. The number of benzene rings is 1. The van der Waals surface area contributed by atoms with Crippen molar-refractivity contribution in [2.24, 2.45) is 5.92 Å². The van der Waals surface area contributed by atoms with Crippen LogP contribution in [0.1, 0.15) is 18.9 Å². The Morgan fingerprint density at radius 1 is 1.44 bits per heavy atom. The lowest BCUT2D eigenvalue weighted by Crippen LogP contribution is -2.20. The summed E-state index contributed by atoms with van der Waals surface area (Å²) in [5.41, 5.74) is 8.92. The Morgan fingerprint density at radius 3 is 2.88 bits per heavy atom. The van der Waals surface area contributed by atoms with Crippen molar-refractivity contribution in [3.8, 4) is 0 Å². The van der Waals surface area contributed by atoms with E-state index in [0.717, 1.165) is 30.9 Å². The maximum Gasteiger partial charge on any atom is 0.0592 e. The van der Waals surface area contributed by atoms with E-state index in [1.54, 1.807) is 0 Å². The van der Waals surface area contributed by atoms with Crippen LogP contribution in [0.15, 0.2) is 18.2 Å². The third-order valence-electron chi connectivity index (χ3n) is 3.20. The molecule has 1 aliphatic heterocycles. The Morgan fingerprint density at radius 2 is 2.25 bits per heavy atom. The fourth-order valence-corrected chi connectivity index (χ4v) is 2.21. The van der Waals surface area contributed by atoms with E-state index in [9.17, 15) is 0 Å². The van der Waals surface area contributed by atoms with Crippen molar-refractivity contribution in [3.05, 3.63) is 23.8 Å². The smallest absolute Gasteiger partial charge is 0.0592 e. The molecule has 2 rings (SSSR count). The predicted molar refractivity (Wildman–Crippen MR) is 67.6 cm³/mol. The summed E-state index contributed by atoms with van der Waals surface area (Å²) in [6.45, 7) is 6.06. The highest BCUT2D eigenvalue weighted by atomic mass is 16.5. The van der Waals surface area contributed by atoms with E-state index >= 15 is 0 Å². The number of hydrogen-bond donors (Lipinski definition) is 2. The monoisotopic (exact) mass is 220 g/mol. The Bertz CT molecular complexity index is 345. The van der Waals surface area contributed by atoms with E-state index in [4.69, 9.17) is 10.5 Å². The topological polar surface area (TPSA) is 47.3 Å². The molecule has 1 aromatic carbocycles. The molecule has 1 fully saturated rings. The quantitative estimate of drug-likeness (QED) is 0.769. The summed E-state index contributed by atoms with van der Waals surface area (Å²) in [5, 5.41) is 3.44. The van der Waals surface area contributed by atoms with Gasteiger partial charge < -0.3 is 15.8 Å². The molecule has 0 spiro atoms. The minimum absolute atomic E-state index is 0.370. The Kier molecular flexibility index (Phi) is 3.34. The van der Waals surface area contributed by atoms with Gasteiger partial charge >= 0.3 is 0 Å². The van der Waals surface area contributed by atoms with Gasteiger partial charge in [0.1, 0.15) is 0 Å². The van der Waals surface area contributed by atoms with Gasteiger partial charge in [-0.2, -0.15) is 0 Å². The molecule has 0 amide bonds. The number of nitrogens with two attached hydrogens (primary N) is 1. The molecule has 2 unspecified atom stereocenters. The predicted octanol–water partition coefficient (Wildman–Crippen LogP) is 2.41. The number of nitrogens with one attached hydrogen (secondary N) is 1. The van der Waals surface area contributed by atoms with Crippen LogP contribution in [0.4, 0.5) is 11.4 Å². The third-order valence-corrected chi connectivity index (χ3v) is 3.20. The standard InChI is InChI=1S/C13H20N2O/c1-9-5-12(14)7-13(6-9)15-8-11-3-4-16-10(11)2/h5-7,10-11,15H,3-4,8,14H2,1-2H3. The normalized spacial score (nSPS) is 24.6. The maximum absolute atomic E-state index is 5.81. The van der Waals surface area contributed by atoms with Gasteiger partial charge in [-0.25, -0.2) is 0 Å². The van der Waals surface area contributed by atoms with E-state index in [-0.39, 0.29) is 0 Å². The summed E-state index contributed by atoms with van der Waals surface area (Å²) < 4.78 is 5.54. The molecule has 88 valence electrons. The fourth-order valence-electron chi connectivity index (χ4n) is 2.21. The van der Waals surface area contributed by atoms with Crippen molar-refractivity contribution >= 4 is 11.4 Å². The lowest BCUT2D eigenvalue weighted by molar-refractivity contribution is 0.108. The molecule has 16 heavy (non-hydrogen) atoms. The van der Waals surface area contributed by atoms with Gasteiger partial charge in [-0.15, -0.1) is 0 Å². The van der Waals surface area contributed by atoms with E-state index in [2.05, 4.69) is 25.2 Å². The number of anilines is 2. The summed E-state index contributed by atoms with van der Waals surface area (Å²) in [6.07, 6.45) is 1.52. The lowest BCUT2D eigenvalue weighted by atomic mass is 10.0. The zero-order chi connectivity index (χ0) is 11.5. The molecular formula is C13H20N2O. The lowest BCUT2D eigenvalue weighted by Gasteiger charge is -2.16. The van der Waals surface area contributed by atoms with Crippen molar-refractivity contribution in [1.82, 2.24) is 0 Å². The first-order valence-corrected chi connectivity index (χ1v) is 5.88.